The standard InChI is InChI=1S/C15H25NO3/c1-11-9-15(19-3)12(2)8-13(11)4-6-16-14(10-18)5-7-17/h8-9,14,16-18H,4-7,10H2,1-3H3. The second kappa shape index (κ2) is 8.15. The quantitative estimate of drug-likeness (QED) is 0.662. The topological polar surface area (TPSA) is 61.7 Å². The molecule has 1 unspecified atom stereocenters. The van der Waals surface area contributed by atoms with E-state index in [9.17, 15) is 0 Å². The number of aliphatic hydroxyl groups is 2. The summed E-state index contributed by atoms with van der Waals surface area (Å²) in [6.45, 7) is 5.06. The lowest BCUT2D eigenvalue weighted by atomic mass is 10.0. The molecule has 0 saturated carbocycles. The van der Waals surface area contributed by atoms with Crippen molar-refractivity contribution in [3.8, 4) is 5.75 Å². The summed E-state index contributed by atoms with van der Waals surface area (Å²) in [6, 6.07) is 4.18. The first kappa shape index (κ1) is 16.0. The van der Waals surface area contributed by atoms with Crippen molar-refractivity contribution in [2.24, 2.45) is 0 Å². The fraction of sp³-hybridized carbons (Fsp3) is 0.600. The number of rotatable bonds is 8. The van der Waals surface area contributed by atoms with Gasteiger partial charge in [0.1, 0.15) is 5.75 Å². The zero-order valence-corrected chi connectivity index (χ0v) is 12.1. The zero-order valence-electron chi connectivity index (χ0n) is 12.1. The van der Waals surface area contributed by atoms with Gasteiger partial charge in [-0.15, -0.1) is 0 Å². The fourth-order valence-electron chi connectivity index (χ4n) is 2.16. The molecule has 0 bridgehead atoms. The van der Waals surface area contributed by atoms with Crippen LogP contribution in [0.2, 0.25) is 0 Å². The van der Waals surface area contributed by atoms with Crippen LogP contribution in [0.1, 0.15) is 23.1 Å². The highest BCUT2D eigenvalue weighted by molar-refractivity contribution is 5.41. The predicted octanol–water partition coefficient (Wildman–Crippen LogP) is 1.19. The van der Waals surface area contributed by atoms with Gasteiger partial charge >= 0.3 is 0 Å². The average Bonchev–Trinajstić information content (AvgIpc) is 2.41. The molecule has 0 saturated heterocycles. The van der Waals surface area contributed by atoms with Crippen LogP contribution in [0.15, 0.2) is 12.1 Å². The predicted molar refractivity (Wildman–Crippen MR) is 76.8 cm³/mol. The van der Waals surface area contributed by atoms with Crippen LogP contribution in [0.5, 0.6) is 5.75 Å². The van der Waals surface area contributed by atoms with E-state index in [4.69, 9.17) is 14.9 Å². The summed E-state index contributed by atoms with van der Waals surface area (Å²) in [6.07, 6.45) is 1.48. The van der Waals surface area contributed by atoms with Crippen molar-refractivity contribution in [3.05, 3.63) is 28.8 Å². The Morgan fingerprint density at radius 1 is 1.21 bits per heavy atom. The molecular weight excluding hydrogens is 242 g/mol. The van der Waals surface area contributed by atoms with Gasteiger partial charge in [-0.1, -0.05) is 6.07 Å². The lowest BCUT2D eigenvalue weighted by Gasteiger charge is -2.16. The van der Waals surface area contributed by atoms with E-state index in [2.05, 4.69) is 24.4 Å². The molecule has 0 spiro atoms. The van der Waals surface area contributed by atoms with Gasteiger partial charge in [-0.3, -0.25) is 0 Å². The monoisotopic (exact) mass is 267 g/mol. The molecule has 0 fully saturated rings. The molecule has 4 heteroatoms. The van der Waals surface area contributed by atoms with Gasteiger partial charge in [0.15, 0.2) is 0 Å². The highest BCUT2D eigenvalue weighted by atomic mass is 16.5. The van der Waals surface area contributed by atoms with Gasteiger partial charge < -0.3 is 20.3 Å². The van der Waals surface area contributed by atoms with E-state index in [0.717, 1.165) is 24.3 Å². The van der Waals surface area contributed by atoms with Crippen LogP contribution in [0.25, 0.3) is 0 Å². The van der Waals surface area contributed by atoms with Gasteiger partial charge in [0.25, 0.3) is 0 Å². The van der Waals surface area contributed by atoms with E-state index in [0.29, 0.717) is 6.42 Å². The van der Waals surface area contributed by atoms with Crippen LogP contribution in [-0.2, 0) is 6.42 Å². The Hall–Kier alpha value is -1.10. The first-order valence-electron chi connectivity index (χ1n) is 6.71. The van der Waals surface area contributed by atoms with Gasteiger partial charge in [-0.2, -0.15) is 0 Å². The van der Waals surface area contributed by atoms with E-state index in [1.807, 2.05) is 6.92 Å². The molecule has 1 atom stereocenters. The molecule has 19 heavy (non-hydrogen) atoms. The van der Waals surface area contributed by atoms with Gasteiger partial charge in [-0.25, -0.2) is 0 Å². The van der Waals surface area contributed by atoms with Crippen LogP contribution in [0.3, 0.4) is 0 Å². The van der Waals surface area contributed by atoms with Gasteiger partial charge in [0, 0.05) is 12.6 Å². The maximum Gasteiger partial charge on any atom is 0.122 e. The van der Waals surface area contributed by atoms with E-state index in [1.54, 1.807) is 7.11 Å². The Kier molecular flexibility index (Phi) is 6.84. The molecule has 0 aliphatic heterocycles. The second-order valence-corrected chi connectivity index (χ2v) is 4.84. The smallest absolute Gasteiger partial charge is 0.122 e. The van der Waals surface area contributed by atoms with E-state index in [-0.39, 0.29) is 19.3 Å². The van der Waals surface area contributed by atoms with Crippen molar-refractivity contribution < 1.29 is 14.9 Å². The largest absolute Gasteiger partial charge is 0.496 e. The lowest BCUT2D eigenvalue weighted by Crippen LogP contribution is -2.34. The summed E-state index contributed by atoms with van der Waals surface area (Å²) in [4.78, 5) is 0. The first-order valence-corrected chi connectivity index (χ1v) is 6.71. The summed E-state index contributed by atoms with van der Waals surface area (Å²) in [7, 11) is 1.68. The minimum absolute atomic E-state index is 0.0235. The summed E-state index contributed by atoms with van der Waals surface area (Å²) < 4.78 is 5.30. The molecule has 0 amide bonds. The van der Waals surface area contributed by atoms with E-state index in [1.165, 1.54) is 11.1 Å². The van der Waals surface area contributed by atoms with Crippen LogP contribution in [0.4, 0.5) is 0 Å². The number of aliphatic hydroxyl groups excluding tert-OH is 2. The van der Waals surface area contributed by atoms with Gasteiger partial charge in [-0.05, 0) is 56.0 Å². The van der Waals surface area contributed by atoms with Crippen LogP contribution in [-0.4, -0.2) is 43.1 Å². The average molecular weight is 267 g/mol. The van der Waals surface area contributed by atoms with E-state index < -0.39 is 0 Å². The third-order valence-electron chi connectivity index (χ3n) is 3.38. The highest BCUT2D eigenvalue weighted by Gasteiger charge is 2.07. The third kappa shape index (κ3) is 4.82. The lowest BCUT2D eigenvalue weighted by molar-refractivity contribution is 0.201. The number of methoxy groups -OCH3 is 1. The first-order chi connectivity index (χ1) is 9.12. The van der Waals surface area contributed by atoms with Crippen LogP contribution < -0.4 is 10.1 Å². The van der Waals surface area contributed by atoms with Gasteiger partial charge in [0.2, 0.25) is 0 Å². The van der Waals surface area contributed by atoms with Crippen molar-refractivity contribution in [3.63, 3.8) is 0 Å². The zero-order chi connectivity index (χ0) is 14.3. The summed E-state index contributed by atoms with van der Waals surface area (Å²) in [5.41, 5.74) is 3.63. The number of benzene rings is 1. The maximum atomic E-state index is 9.13. The van der Waals surface area contributed by atoms with Crippen LogP contribution in [0, 0.1) is 13.8 Å². The Labute approximate surface area is 115 Å². The molecule has 0 aliphatic carbocycles. The Morgan fingerprint density at radius 2 is 1.95 bits per heavy atom. The molecule has 0 heterocycles. The second-order valence-electron chi connectivity index (χ2n) is 4.84. The summed E-state index contributed by atoms with van der Waals surface area (Å²) in [5.74, 6) is 0.919. The minimum atomic E-state index is -0.0235. The summed E-state index contributed by atoms with van der Waals surface area (Å²) >= 11 is 0. The Balaban J connectivity index is 2.56. The number of aryl methyl sites for hydroxylation is 2. The van der Waals surface area contributed by atoms with Crippen LogP contribution >= 0.6 is 0 Å². The molecule has 1 aromatic carbocycles. The number of hydrogen-bond acceptors (Lipinski definition) is 4. The molecule has 1 aromatic rings. The van der Waals surface area contributed by atoms with Crippen molar-refractivity contribution in [2.75, 3.05) is 26.9 Å². The van der Waals surface area contributed by atoms with E-state index >= 15 is 0 Å². The molecule has 0 aliphatic rings. The molecule has 4 nitrogen and oxygen atoms in total. The minimum Gasteiger partial charge on any atom is -0.496 e. The van der Waals surface area contributed by atoms with Crippen molar-refractivity contribution in [1.29, 1.82) is 0 Å². The SMILES string of the molecule is COc1cc(C)c(CCNC(CO)CCO)cc1C. The maximum absolute atomic E-state index is 9.13. The van der Waals surface area contributed by atoms with Gasteiger partial charge in [0.05, 0.1) is 13.7 Å². The molecule has 108 valence electrons. The highest BCUT2D eigenvalue weighted by Crippen LogP contribution is 2.22. The number of ether oxygens (including phenoxy) is 1. The van der Waals surface area contributed by atoms with Crippen molar-refractivity contribution in [2.45, 2.75) is 32.7 Å². The number of hydrogen-bond donors (Lipinski definition) is 3. The molecule has 0 aromatic heterocycles. The molecule has 0 radical (unpaired) electrons. The normalized spacial score (nSPS) is 12.5. The fourth-order valence-corrected chi connectivity index (χ4v) is 2.16. The van der Waals surface area contributed by atoms with Crippen molar-refractivity contribution >= 4 is 0 Å². The van der Waals surface area contributed by atoms with Crippen molar-refractivity contribution in [1.82, 2.24) is 5.32 Å². The Morgan fingerprint density at radius 3 is 2.53 bits per heavy atom. The third-order valence-corrected chi connectivity index (χ3v) is 3.38. The Bertz CT molecular complexity index is 393. The molecular formula is C15H25NO3. The summed E-state index contributed by atoms with van der Waals surface area (Å²) in [5, 5.41) is 21.2. The molecule has 1 rings (SSSR count). The number of nitrogens with one attached hydrogen (secondary N) is 1. The molecule has 3 N–H and O–H groups in total.